The van der Waals surface area contributed by atoms with Gasteiger partial charge < -0.3 is 10.6 Å². The Balaban J connectivity index is 1.73. The maximum Gasteiger partial charge on any atom is 0.244 e. The van der Waals surface area contributed by atoms with Gasteiger partial charge in [-0.15, -0.1) is 5.10 Å². The number of nitrogens with two attached hydrogens (primary N) is 1. The number of nitrogens with one attached hydrogen (secondary N) is 1. The van der Waals surface area contributed by atoms with Crippen molar-refractivity contribution in [2.75, 3.05) is 24.5 Å². The van der Waals surface area contributed by atoms with Crippen molar-refractivity contribution in [3.8, 4) is 0 Å². The van der Waals surface area contributed by atoms with Crippen molar-refractivity contribution in [1.29, 1.82) is 0 Å². The smallest absolute Gasteiger partial charge is 0.244 e. The van der Waals surface area contributed by atoms with Gasteiger partial charge in [-0.2, -0.15) is 4.98 Å². The fraction of sp³-hybridized carbons (Fsp3) is 0.875. The summed E-state index contributed by atoms with van der Waals surface area (Å²) in [5.41, 5.74) is 6.16. The third kappa shape index (κ3) is 3.07. The maximum absolute atomic E-state index is 5.83. The quantitative estimate of drug-likeness (QED) is 0.898. The molecule has 5 heteroatoms. The van der Waals surface area contributed by atoms with Crippen LogP contribution in [0.1, 0.15) is 64.1 Å². The molecule has 5 nitrogen and oxygen atoms in total. The Kier molecular flexibility index (Phi) is 4.20. The highest BCUT2D eigenvalue weighted by Gasteiger charge is 2.36. The van der Waals surface area contributed by atoms with E-state index in [1.165, 1.54) is 38.5 Å². The highest BCUT2D eigenvalue weighted by molar-refractivity contribution is 5.30. The first-order chi connectivity index (χ1) is 10.1. The number of hydrogen-bond donors (Lipinski definition) is 2. The molecule has 0 spiro atoms. The molecule has 1 aromatic rings. The van der Waals surface area contributed by atoms with Gasteiger partial charge in [0.25, 0.3) is 0 Å². The zero-order chi connectivity index (χ0) is 14.9. The molecule has 0 aromatic carbocycles. The van der Waals surface area contributed by atoms with Crippen molar-refractivity contribution in [3.05, 3.63) is 5.82 Å². The van der Waals surface area contributed by atoms with E-state index in [1.807, 2.05) is 0 Å². The molecule has 1 aliphatic heterocycles. The minimum atomic E-state index is 0.330. The van der Waals surface area contributed by atoms with Crippen LogP contribution in [0.15, 0.2) is 0 Å². The number of anilines is 1. The summed E-state index contributed by atoms with van der Waals surface area (Å²) < 4.78 is 0. The normalized spacial score (nSPS) is 29.6. The van der Waals surface area contributed by atoms with Gasteiger partial charge in [0.2, 0.25) is 5.95 Å². The number of piperidine rings is 1. The third-order valence-electron chi connectivity index (χ3n) is 5.46. The molecular formula is C16H29N5. The summed E-state index contributed by atoms with van der Waals surface area (Å²) in [7, 11) is 0. The number of hydrogen-bond acceptors (Lipinski definition) is 4. The van der Waals surface area contributed by atoms with Crippen molar-refractivity contribution in [2.24, 2.45) is 17.1 Å². The molecule has 0 radical (unpaired) electrons. The van der Waals surface area contributed by atoms with Gasteiger partial charge in [-0.3, -0.25) is 5.10 Å². The summed E-state index contributed by atoms with van der Waals surface area (Å²) >= 11 is 0. The molecule has 2 atom stereocenters. The second-order valence-electron chi connectivity index (χ2n) is 7.50. The molecular weight excluding hydrogens is 262 g/mol. The van der Waals surface area contributed by atoms with Crippen LogP contribution >= 0.6 is 0 Å². The zero-order valence-electron chi connectivity index (χ0n) is 13.4. The summed E-state index contributed by atoms with van der Waals surface area (Å²) in [4.78, 5) is 7.14. The molecule has 0 amide bonds. The van der Waals surface area contributed by atoms with E-state index < -0.39 is 0 Å². The highest BCUT2D eigenvalue weighted by atomic mass is 15.4. The first kappa shape index (κ1) is 14.8. The number of aromatic nitrogens is 3. The van der Waals surface area contributed by atoms with Crippen molar-refractivity contribution >= 4 is 5.95 Å². The predicted octanol–water partition coefficient (Wildman–Crippen LogP) is 2.66. The summed E-state index contributed by atoms with van der Waals surface area (Å²) in [5, 5.41) is 7.73. The minimum absolute atomic E-state index is 0.330. The average Bonchev–Trinajstić information content (AvgIpc) is 2.96. The average molecular weight is 291 g/mol. The second kappa shape index (κ2) is 5.95. The number of aromatic amines is 1. The predicted molar refractivity (Wildman–Crippen MR) is 85.4 cm³/mol. The van der Waals surface area contributed by atoms with Crippen molar-refractivity contribution in [2.45, 2.75) is 58.3 Å². The van der Waals surface area contributed by atoms with E-state index in [2.05, 4.69) is 28.9 Å². The molecule has 1 saturated heterocycles. The van der Waals surface area contributed by atoms with Crippen LogP contribution in [0.5, 0.6) is 0 Å². The lowest BCUT2D eigenvalue weighted by Crippen LogP contribution is -2.39. The fourth-order valence-corrected chi connectivity index (χ4v) is 4.00. The molecule has 2 unspecified atom stereocenters. The van der Waals surface area contributed by atoms with E-state index in [1.54, 1.807) is 0 Å². The Labute approximate surface area is 127 Å². The third-order valence-corrected chi connectivity index (χ3v) is 5.46. The Morgan fingerprint density at radius 3 is 2.90 bits per heavy atom. The van der Waals surface area contributed by atoms with Crippen LogP contribution < -0.4 is 10.6 Å². The van der Waals surface area contributed by atoms with Crippen molar-refractivity contribution < 1.29 is 0 Å². The first-order valence-corrected chi connectivity index (χ1v) is 8.47. The van der Waals surface area contributed by atoms with Gasteiger partial charge >= 0.3 is 0 Å². The number of H-pyrrole nitrogens is 1. The zero-order valence-corrected chi connectivity index (χ0v) is 13.4. The monoisotopic (exact) mass is 291 g/mol. The molecule has 21 heavy (non-hydrogen) atoms. The van der Waals surface area contributed by atoms with Gasteiger partial charge in [-0.25, -0.2) is 0 Å². The molecule has 2 fully saturated rings. The molecule has 2 aliphatic rings. The van der Waals surface area contributed by atoms with E-state index in [9.17, 15) is 0 Å². The van der Waals surface area contributed by atoms with Gasteiger partial charge in [0.15, 0.2) is 0 Å². The number of nitrogens with zero attached hydrogens (tertiary/aromatic N) is 3. The van der Waals surface area contributed by atoms with E-state index in [-0.39, 0.29) is 0 Å². The summed E-state index contributed by atoms with van der Waals surface area (Å²) in [6, 6.07) is 0. The molecule has 118 valence electrons. The number of rotatable bonds is 3. The highest BCUT2D eigenvalue weighted by Crippen LogP contribution is 2.45. The molecule has 0 bridgehead atoms. The van der Waals surface area contributed by atoms with Crippen molar-refractivity contribution in [3.63, 3.8) is 0 Å². The Morgan fingerprint density at radius 2 is 2.14 bits per heavy atom. The molecule has 1 aromatic heterocycles. The van der Waals surface area contributed by atoms with Crippen molar-refractivity contribution in [1.82, 2.24) is 15.2 Å². The molecule has 3 N–H and O–H groups in total. The Bertz CT molecular complexity index is 467. The van der Waals surface area contributed by atoms with E-state index in [0.717, 1.165) is 31.4 Å². The molecule has 3 rings (SSSR count). The molecule has 2 heterocycles. The topological polar surface area (TPSA) is 70.8 Å². The first-order valence-electron chi connectivity index (χ1n) is 8.47. The fourth-order valence-electron chi connectivity index (χ4n) is 4.00. The van der Waals surface area contributed by atoms with E-state index in [0.29, 0.717) is 17.3 Å². The summed E-state index contributed by atoms with van der Waals surface area (Å²) in [6.07, 6.45) is 7.60. The Morgan fingerprint density at radius 1 is 1.29 bits per heavy atom. The van der Waals surface area contributed by atoms with Gasteiger partial charge in [-0.1, -0.05) is 26.7 Å². The van der Waals surface area contributed by atoms with E-state index in [4.69, 9.17) is 10.7 Å². The second-order valence-corrected chi connectivity index (χ2v) is 7.50. The lowest BCUT2D eigenvalue weighted by molar-refractivity contribution is 0.192. The molecule has 1 aliphatic carbocycles. The standard InChI is InChI=1S/C16H29N5/c1-16(2)8-4-3-7-13(16)14-18-15(20-19-14)21-9-5-6-12(10-17)11-21/h12-13H,3-11,17H2,1-2H3,(H,18,19,20). The van der Waals surface area contributed by atoms with Gasteiger partial charge in [0.1, 0.15) is 5.82 Å². The van der Waals surface area contributed by atoms with Crippen LogP contribution in [0.25, 0.3) is 0 Å². The largest absolute Gasteiger partial charge is 0.339 e. The van der Waals surface area contributed by atoms with Crippen LogP contribution in [-0.4, -0.2) is 34.8 Å². The van der Waals surface area contributed by atoms with Gasteiger partial charge in [0.05, 0.1) is 0 Å². The van der Waals surface area contributed by atoms with Crippen LogP contribution in [0.2, 0.25) is 0 Å². The SMILES string of the molecule is CC1(C)CCCCC1c1nc(N2CCCC(CN)C2)n[nH]1. The lowest BCUT2D eigenvalue weighted by Gasteiger charge is -2.37. The summed E-state index contributed by atoms with van der Waals surface area (Å²) in [6.45, 7) is 7.56. The van der Waals surface area contributed by atoms with Crippen LogP contribution in [0.3, 0.4) is 0 Å². The lowest BCUT2D eigenvalue weighted by atomic mass is 9.68. The molecule has 1 saturated carbocycles. The van der Waals surface area contributed by atoms with E-state index >= 15 is 0 Å². The maximum atomic E-state index is 5.83. The minimum Gasteiger partial charge on any atom is -0.339 e. The Hall–Kier alpha value is -1.10. The summed E-state index contributed by atoms with van der Waals surface area (Å²) in [5.74, 6) is 3.07. The van der Waals surface area contributed by atoms with Crippen LogP contribution in [0.4, 0.5) is 5.95 Å². The van der Waals surface area contributed by atoms with Crippen LogP contribution in [-0.2, 0) is 0 Å². The van der Waals surface area contributed by atoms with Crippen LogP contribution in [0, 0.1) is 11.3 Å². The van der Waals surface area contributed by atoms with Gasteiger partial charge in [0, 0.05) is 19.0 Å². The van der Waals surface area contributed by atoms with Gasteiger partial charge in [-0.05, 0) is 43.6 Å².